The third-order valence-corrected chi connectivity index (χ3v) is 16.2. The number of carboxylic acid groups (broad SMARTS) is 3. The molecule has 4 aromatic carbocycles. The molecule has 0 spiro atoms. The van der Waals surface area contributed by atoms with Crippen molar-refractivity contribution < 1.29 is 77.6 Å². The Hall–Kier alpha value is -9.74. The zero-order chi connectivity index (χ0) is 71.9. The Labute approximate surface area is 576 Å². The number of amides is 10. The summed E-state index contributed by atoms with van der Waals surface area (Å²) in [6.07, 6.45) is 0.634. The van der Waals surface area contributed by atoms with Gasteiger partial charge in [-0.2, -0.15) is 12.6 Å². The summed E-state index contributed by atoms with van der Waals surface area (Å²) >= 11 is 4.32. The smallest absolute Gasteiger partial charge is 0.305 e. The fourth-order valence-electron chi connectivity index (χ4n) is 10.3. The second-order valence-corrected chi connectivity index (χ2v) is 23.7. The molecule has 0 aliphatic rings. The number of carboxylic acids is 3. The third kappa shape index (κ3) is 30.1. The van der Waals surface area contributed by atoms with E-state index >= 15 is 0 Å². The Morgan fingerprint density at radius 2 is 0.704 bits per heavy atom. The first-order valence-corrected chi connectivity index (χ1v) is 33.3. The molecule has 28 nitrogen and oxygen atoms in total. The quantitative estimate of drug-likeness (QED) is 0.0228. The number of unbranched alkanes of at least 4 members (excludes halogenated alkanes) is 2. The van der Waals surface area contributed by atoms with Crippen LogP contribution in [0.3, 0.4) is 0 Å². The molecule has 0 aromatic heterocycles. The number of nitrogens with one attached hydrogen (secondary N) is 1. The number of thiol groups is 1. The summed E-state index contributed by atoms with van der Waals surface area (Å²) in [4.78, 5) is 185. The average Bonchev–Trinajstić information content (AvgIpc) is 0.870. The fraction of sp³-hybridized carbons (Fsp3) is 0.464. The molecule has 0 saturated heterocycles. The summed E-state index contributed by atoms with van der Waals surface area (Å²) in [6, 6.07) is 33.0. The van der Waals surface area contributed by atoms with Gasteiger partial charge in [0, 0.05) is 64.5 Å². The zero-order valence-corrected chi connectivity index (χ0v) is 56.6. The van der Waals surface area contributed by atoms with Crippen molar-refractivity contribution in [3.63, 3.8) is 0 Å². The second-order valence-electron chi connectivity index (χ2n) is 23.3. The van der Waals surface area contributed by atoms with Crippen molar-refractivity contribution in [3.05, 3.63) is 132 Å². The molecule has 0 bridgehead atoms. The highest BCUT2D eigenvalue weighted by atomic mass is 32.1. The van der Waals surface area contributed by atoms with Gasteiger partial charge in [0.05, 0.1) is 71.6 Å². The van der Waals surface area contributed by atoms with E-state index in [9.17, 15) is 77.6 Å². The van der Waals surface area contributed by atoms with Crippen LogP contribution in [0.4, 0.5) is 0 Å². The van der Waals surface area contributed by atoms with E-state index in [1.165, 1.54) is 9.80 Å². The first kappa shape index (κ1) is 80.7. The highest BCUT2D eigenvalue weighted by Crippen LogP contribution is 2.20. The molecule has 10 amide bonds. The molecular formula is C69H94N12O16S. The maximum Gasteiger partial charge on any atom is 0.305 e. The van der Waals surface area contributed by atoms with E-state index in [1.54, 1.807) is 55.5 Å². The van der Waals surface area contributed by atoms with Gasteiger partial charge in [-0.05, 0) is 85.9 Å². The number of primary amides is 1. The predicted octanol–water partition coefficient (Wildman–Crippen LogP) is 1.22. The van der Waals surface area contributed by atoms with Crippen LogP contribution in [0.5, 0.6) is 0 Å². The van der Waals surface area contributed by atoms with Gasteiger partial charge in [-0.3, -0.25) is 62.3 Å². The van der Waals surface area contributed by atoms with Gasteiger partial charge in [-0.25, -0.2) is 0 Å². The number of hydrogen-bond acceptors (Lipinski definition) is 16. The number of carbonyl (C=O) groups excluding carboxylic acids is 10. The van der Waals surface area contributed by atoms with E-state index in [0.717, 1.165) is 46.1 Å². The van der Waals surface area contributed by atoms with Gasteiger partial charge in [-0.1, -0.05) is 122 Å². The highest BCUT2D eigenvalue weighted by molar-refractivity contribution is 7.80. The molecule has 1 unspecified atom stereocenters. The van der Waals surface area contributed by atoms with Crippen LogP contribution >= 0.6 is 12.6 Å². The number of carbonyl (C=O) groups is 13. The van der Waals surface area contributed by atoms with Crippen LogP contribution in [-0.2, 0) is 81.6 Å². The lowest BCUT2D eigenvalue weighted by Crippen LogP contribution is -2.55. The van der Waals surface area contributed by atoms with Crippen LogP contribution < -0.4 is 22.5 Å². The number of hydrogen-bond donors (Lipinski definition) is 8. The molecule has 10 N–H and O–H groups in total. The molecule has 0 saturated carbocycles. The fourth-order valence-corrected chi connectivity index (χ4v) is 10.5. The normalized spacial score (nSPS) is 11.1. The molecule has 4 rings (SSSR count). The number of rotatable bonds is 47. The summed E-state index contributed by atoms with van der Waals surface area (Å²) in [5.74, 6) is -12.3. The van der Waals surface area contributed by atoms with Gasteiger partial charge >= 0.3 is 17.9 Å². The molecule has 0 aliphatic carbocycles. The van der Waals surface area contributed by atoms with Crippen LogP contribution in [0.15, 0.2) is 115 Å². The predicted molar refractivity (Wildman–Crippen MR) is 367 cm³/mol. The van der Waals surface area contributed by atoms with Crippen LogP contribution in [0, 0.1) is 0 Å². The molecule has 1 atom stereocenters. The van der Waals surface area contributed by atoms with Crippen LogP contribution in [-0.4, -0.2) is 261 Å². The lowest BCUT2D eigenvalue weighted by atomic mass is 10.0. The first-order valence-electron chi connectivity index (χ1n) is 32.6. The molecule has 98 heavy (non-hydrogen) atoms. The zero-order valence-electron chi connectivity index (χ0n) is 55.7. The maximum absolute atomic E-state index is 14.9. The van der Waals surface area contributed by atoms with Crippen molar-refractivity contribution in [1.29, 1.82) is 0 Å². The topological polar surface area (TPSA) is 399 Å². The SMILES string of the molecule is CCC(=O)N(CCCCN)CC(=O)N(CCCCN)CC(=O)NC(CS)C(=O)N(CCC(=O)O)CC(=O)N(CCc1ccccc1)CC(=O)N(CCC(=O)O)CC(=O)N(CCc1ccc(-c2ccccc2)cc1)CC(=O)N(CCC(=O)O)CC(=O)N(CCc1ccccc1)CC(N)=O. The van der Waals surface area contributed by atoms with Crippen molar-refractivity contribution in [2.24, 2.45) is 17.2 Å². The molecular weight excluding hydrogens is 1280 g/mol. The summed E-state index contributed by atoms with van der Waals surface area (Å²) in [5, 5.41) is 32.1. The molecule has 0 aliphatic heterocycles. The Bertz CT molecular complexity index is 3260. The Balaban J connectivity index is 1.68. The van der Waals surface area contributed by atoms with Crippen molar-refractivity contribution in [3.8, 4) is 11.1 Å². The summed E-state index contributed by atoms with van der Waals surface area (Å²) in [6.45, 7) is -5.03. The Morgan fingerprint density at radius 3 is 1.06 bits per heavy atom. The molecule has 29 heteroatoms. The minimum atomic E-state index is -1.51. The van der Waals surface area contributed by atoms with Crippen molar-refractivity contribution in [1.82, 2.24) is 44.5 Å². The monoisotopic (exact) mass is 1380 g/mol. The summed E-state index contributed by atoms with van der Waals surface area (Å²) in [7, 11) is 0. The van der Waals surface area contributed by atoms with Crippen molar-refractivity contribution in [2.75, 3.05) is 124 Å². The van der Waals surface area contributed by atoms with Gasteiger partial charge < -0.3 is 77.0 Å². The van der Waals surface area contributed by atoms with Gasteiger partial charge in [0.2, 0.25) is 59.1 Å². The third-order valence-electron chi connectivity index (χ3n) is 15.8. The summed E-state index contributed by atoms with van der Waals surface area (Å²) < 4.78 is 0. The average molecular weight is 1380 g/mol. The van der Waals surface area contributed by atoms with Crippen LogP contribution in [0.1, 0.15) is 75.0 Å². The molecule has 0 heterocycles. The molecule has 4 aromatic rings. The van der Waals surface area contributed by atoms with Gasteiger partial charge in [0.25, 0.3) is 0 Å². The maximum atomic E-state index is 14.9. The van der Waals surface area contributed by atoms with E-state index < -0.39 is 162 Å². The van der Waals surface area contributed by atoms with E-state index in [2.05, 4.69) is 17.9 Å². The van der Waals surface area contributed by atoms with E-state index in [0.29, 0.717) is 49.8 Å². The number of nitrogens with zero attached hydrogens (tertiary/aromatic N) is 8. The highest BCUT2D eigenvalue weighted by Gasteiger charge is 2.33. The van der Waals surface area contributed by atoms with Crippen LogP contribution in [0.25, 0.3) is 11.1 Å². The number of benzene rings is 4. The molecule has 0 radical (unpaired) electrons. The largest absolute Gasteiger partial charge is 0.481 e. The Kier molecular flexibility index (Phi) is 36.4. The minimum Gasteiger partial charge on any atom is -0.481 e. The Morgan fingerprint density at radius 1 is 0.388 bits per heavy atom. The summed E-state index contributed by atoms with van der Waals surface area (Å²) in [5.41, 5.74) is 21.0. The first-order chi connectivity index (χ1) is 46.9. The van der Waals surface area contributed by atoms with Crippen molar-refractivity contribution >= 4 is 89.6 Å². The second kappa shape index (κ2) is 44.2. The van der Waals surface area contributed by atoms with E-state index in [4.69, 9.17) is 17.2 Å². The van der Waals surface area contributed by atoms with E-state index in [1.807, 2.05) is 66.7 Å². The number of nitrogens with two attached hydrogens (primary N) is 3. The standard InChI is InChI=1S/C69H94N12O16S/c1-2-59(84)75(35-15-13-33-71)44-60(85)74(34-14-12-32-70)43-58(83)73-56(50-98)69(97)81(41-31-68(95)96)49-65(90)78(37-27-52-18-8-4-9-19-52)47-64(89)80(40-30-67(93)94)48-62(87)77(38-28-53-22-24-55(25-23-53)54-20-10-5-11-21-54)46-63(88)79(39-29-66(91)92)45-61(86)76(42-57(72)82)36-26-51-16-6-3-7-17-51/h3-11,16-25,56,98H,2,12-15,26-50,70-71H2,1H3,(H2,72,82)(H,73,83)(H,91,92)(H,93,94)(H,95,96). The molecule has 532 valence electrons. The van der Waals surface area contributed by atoms with Gasteiger partial charge in [0.15, 0.2) is 0 Å². The van der Waals surface area contributed by atoms with E-state index in [-0.39, 0.29) is 76.7 Å². The van der Waals surface area contributed by atoms with Gasteiger partial charge in [-0.15, -0.1) is 0 Å². The lowest BCUT2D eigenvalue weighted by Gasteiger charge is -2.32. The van der Waals surface area contributed by atoms with Gasteiger partial charge in [0.1, 0.15) is 6.04 Å². The number of aliphatic carboxylic acids is 3. The molecule has 0 fully saturated rings. The van der Waals surface area contributed by atoms with Crippen LogP contribution in [0.2, 0.25) is 0 Å². The minimum absolute atomic E-state index is 0.00339. The lowest BCUT2D eigenvalue weighted by molar-refractivity contribution is -0.149. The van der Waals surface area contributed by atoms with Crippen molar-refractivity contribution in [2.45, 2.75) is 83.6 Å².